The SMILES string of the molecule is O=C(NO)C1CC(O)CCN1S(=O)(=O)c1ccc(OCc2cc(F)cc(F)c2)cc1. The zero-order chi connectivity index (χ0) is 21.9. The Labute approximate surface area is 171 Å². The lowest BCUT2D eigenvalue weighted by molar-refractivity contribution is -0.135. The first-order chi connectivity index (χ1) is 14.2. The minimum atomic E-state index is -4.09. The van der Waals surface area contributed by atoms with E-state index in [-0.39, 0.29) is 42.2 Å². The number of piperidine rings is 1. The molecule has 3 N–H and O–H groups in total. The molecule has 0 saturated carbocycles. The number of aliphatic hydroxyl groups excluding tert-OH is 1. The van der Waals surface area contributed by atoms with Crippen LogP contribution in [-0.2, 0) is 21.4 Å². The molecule has 1 saturated heterocycles. The smallest absolute Gasteiger partial charge is 0.261 e. The Bertz CT molecular complexity index is 996. The van der Waals surface area contributed by atoms with Gasteiger partial charge in [-0.15, -0.1) is 0 Å². The van der Waals surface area contributed by atoms with Crippen LogP contribution in [0.25, 0.3) is 0 Å². The number of nitrogens with one attached hydrogen (secondary N) is 1. The van der Waals surface area contributed by atoms with Gasteiger partial charge >= 0.3 is 0 Å². The number of hydrogen-bond donors (Lipinski definition) is 3. The van der Waals surface area contributed by atoms with Gasteiger partial charge in [0.15, 0.2) is 0 Å². The van der Waals surface area contributed by atoms with E-state index in [9.17, 15) is 27.1 Å². The molecule has 2 atom stereocenters. The highest BCUT2D eigenvalue weighted by atomic mass is 32.2. The maximum absolute atomic E-state index is 13.2. The highest BCUT2D eigenvalue weighted by Crippen LogP contribution is 2.27. The van der Waals surface area contributed by atoms with Crippen LogP contribution in [0.5, 0.6) is 5.75 Å². The predicted octanol–water partition coefficient (Wildman–Crippen LogP) is 1.56. The molecule has 3 rings (SSSR count). The molecule has 0 aromatic heterocycles. The minimum absolute atomic E-state index is 0.0923. The number of hydrogen-bond acceptors (Lipinski definition) is 6. The number of amides is 1. The largest absolute Gasteiger partial charge is 0.489 e. The van der Waals surface area contributed by atoms with Crippen molar-refractivity contribution in [1.82, 2.24) is 9.79 Å². The summed E-state index contributed by atoms with van der Waals surface area (Å²) in [6.07, 6.45) is -0.848. The normalized spacial score (nSPS) is 20.0. The molecule has 1 fully saturated rings. The van der Waals surface area contributed by atoms with Gasteiger partial charge in [0.05, 0.1) is 11.0 Å². The number of aliphatic hydroxyl groups is 1. The van der Waals surface area contributed by atoms with E-state index >= 15 is 0 Å². The van der Waals surface area contributed by atoms with Crippen LogP contribution in [0.1, 0.15) is 18.4 Å². The second-order valence-corrected chi connectivity index (χ2v) is 8.71. The number of rotatable bonds is 6. The van der Waals surface area contributed by atoms with E-state index in [1.807, 2.05) is 0 Å². The second-order valence-electron chi connectivity index (χ2n) is 6.82. The van der Waals surface area contributed by atoms with Gasteiger partial charge in [-0.3, -0.25) is 10.0 Å². The third kappa shape index (κ3) is 4.93. The van der Waals surface area contributed by atoms with Crippen LogP contribution in [0.4, 0.5) is 8.78 Å². The van der Waals surface area contributed by atoms with Crippen molar-refractivity contribution in [3.63, 3.8) is 0 Å². The monoisotopic (exact) mass is 442 g/mol. The van der Waals surface area contributed by atoms with E-state index in [1.54, 1.807) is 0 Å². The fraction of sp³-hybridized carbons (Fsp3) is 0.316. The number of sulfonamides is 1. The summed E-state index contributed by atoms with van der Waals surface area (Å²) in [7, 11) is -4.09. The molecule has 1 aliphatic rings. The zero-order valence-electron chi connectivity index (χ0n) is 15.7. The maximum Gasteiger partial charge on any atom is 0.261 e. The zero-order valence-corrected chi connectivity index (χ0v) is 16.5. The molecule has 162 valence electrons. The molecule has 1 heterocycles. The van der Waals surface area contributed by atoms with Gasteiger partial charge in [-0.05, 0) is 54.8 Å². The van der Waals surface area contributed by atoms with E-state index in [0.717, 1.165) is 22.5 Å². The van der Waals surface area contributed by atoms with Crippen molar-refractivity contribution in [2.24, 2.45) is 0 Å². The lowest BCUT2D eigenvalue weighted by Gasteiger charge is -2.35. The molecular weight excluding hydrogens is 422 g/mol. The summed E-state index contributed by atoms with van der Waals surface area (Å²) in [5, 5.41) is 18.6. The summed E-state index contributed by atoms with van der Waals surface area (Å²) in [6.45, 7) is -0.214. The third-order valence-electron chi connectivity index (χ3n) is 4.70. The number of benzene rings is 2. The molecule has 0 spiro atoms. The Balaban J connectivity index is 1.74. The summed E-state index contributed by atoms with van der Waals surface area (Å²) in [5.41, 5.74) is 1.70. The van der Waals surface area contributed by atoms with Gasteiger partial charge in [0.2, 0.25) is 10.0 Å². The first-order valence-electron chi connectivity index (χ1n) is 9.02. The van der Waals surface area contributed by atoms with E-state index < -0.39 is 39.7 Å². The summed E-state index contributed by atoms with van der Waals surface area (Å²) in [5.74, 6) is -2.12. The summed E-state index contributed by atoms with van der Waals surface area (Å²) in [6, 6.07) is 7.05. The molecule has 8 nitrogen and oxygen atoms in total. The molecule has 30 heavy (non-hydrogen) atoms. The van der Waals surface area contributed by atoms with Gasteiger partial charge in [0.25, 0.3) is 5.91 Å². The van der Waals surface area contributed by atoms with E-state index in [2.05, 4.69) is 0 Å². The molecule has 2 aromatic rings. The Morgan fingerprint density at radius 1 is 1.17 bits per heavy atom. The highest BCUT2D eigenvalue weighted by molar-refractivity contribution is 7.89. The summed E-state index contributed by atoms with van der Waals surface area (Å²) >= 11 is 0. The maximum atomic E-state index is 13.2. The molecular formula is C19H20F2N2O6S. The van der Waals surface area contributed by atoms with Crippen LogP contribution in [0.3, 0.4) is 0 Å². The highest BCUT2D eigenvalue weighted by Gasteiger charge is 2.40. The summed E-state index contributed by atoms with van der Waals surface area (Å²) < 4.78 is 58.7. The topological polar surface area (TPSA) is 116 Å². The standard InChI is InChI=1S/C19H20F2N2O6S/c20-13-7-12(8-14(21)9-13)11-29-16-1-3-17(4-2-16)30(27,28)23-6-5-15(24)10-18(23)19(25)22-26/h1-4,7-9,15,18,24,26H,5-6,10-11H2,(H,22,25). The fourth-order valence-corrected chi connectivity index (χ4v) is 4.84. The van der Waals surface area contributed by atoms with Crippen molar-refractivity contribution in [2.45, 2.75) is 36.5 Å². The van der Waals surface area contributed by atoms with Crippen molar-refractivity contribution in [3.8, 4) is 5.75 Å². The number of hydroxylamine groups is 1. The molecule has 2 aromatic carbocycles. The average molecular weight is 442 g/mol. The third-order valence-corrected chi connectivity index (χ3v) is 6.62. The van der Waals surface area contributed by atoms with Gasteiger partial charge in [-0.2, -0.15) is 4.31 Å². The Hall–Kier alpha value is -2.60. The van der Waals surface area contributed by atoms with E-state index in [4.69, 9.17) is 9.94 Å². The van der Waals surface area contributed by atoms with Crippen molar-refractivity contribution in [1.29, 1.82) is 0 Å². The van der Waals surface area contributed by atoms with Crippen LogP contribution < -0.4 is 10.2 Å². The lowest BCUT2D eigenvalue weighted by atomic mass is 10.0. The van der Waals surface area contributed by atoms with Gasteiger partial charge < -0.3 is 9.84 Å². The van der Waals surface area contributed by atoms with Gasteiger partial charge in [-0.1, -0.05) is 0 Å². The van der Waals surface area contributed by atoms with Gasteiger partial charge in [-0.25, -0.2) is 22.7 Å². The molecule has 11 heteroatoms. The number of ether oxygens (including phenoxy) is 1. The second kappa shape index (κ2) is 9.04. The molecule has 2 unspecified atom stereocenters. The molecule has 1 amide bonds. The molecule has 0 bridgehead atoms. The van der Waals surface area contributed by atoms with Crippen molar-refractivity contribution in [3.05, 3.63) is 59.7 Å². The van der Waals surface area contributed by atoms with Crippen LogP contribution in [0, 0.1) is 11.6 Å². The number of carbonyl (C=O) groups is 1. The Kier molecular flexibility index (Phi) is 6.66. The first-order valence-corrected chi connectivity index (χ1v) is 10.5. The predicted molar refractivity (Wildman–Crippen MR) is 100.0 cm³/mol. The van der Waals surface area contributed by atoms with Crippen molar-refractivity contribution >= 4 is 15.9 Å². The van der Waals surface area contributed by atoms with Crippen molar-refractivity contribution < 1.29 is 37.0 Å². The fourth-order valence-electron chi connectivity index (χ4n) is 3.23. The number of halogens is 2. The van der Waals surface area contributed by atoms with Crippen LogP contribution in [0.2, 0.25) is 0 Å². The Morgan fingerprint density at radius 3 is 2.40 bits per heavy atom. The van der Waals surface area contributed by atoms with Gasteiger partial charge in [0.1, 0.15) is 30.0 Å². The summed E-state index contributed by atoms with van der Waals surface area (Å²) in [4.78, 5) is 11.8. The molecule has 1 aliphatic heterocycles. The first kappa shape index (κ1) is 22.1. The Morgan fingerprint density at radius 2 is 1.80 bits per heavy atom. The molecule has 0 radical (unpaired) electrons. The van der Waals surface area contributed by atoms with Crippen LogP contribution >= 0.6 is 0 Å². The van der Waals surface area contributed by atoms with E-state index in [0.29, 0.717) is 0 Å². The van der Waals surface area contributed by atoms with E-state index in [1.165, 1.54) is 29.7 Å². The lowest BCUT2D eigenvalue weighted by Crippen LogP contribution is -2.54. The minimum Gasteiger partial charge on any atom is -0.489 e. The number of nitrogens with zero attached hydrogens (tertiary/aromatic N) is 1. The quantitative estimate of drug-likeness (QED) is 0.462. The van der Waals surface area contributed by atoms with Crippen molar-refractivity contribution in [2.75, 3.05) is 6.54 Å². The van der Waals surface area contributed by atoms with Gasteiger partial charge in [0, 0.05) is 12.6 Å². The average Bonchev–Trinajstić information content (AvgIpc) is 2.71. The number of carbonyl (C=O) groups excluding carboxylic acids is 1. The van der Waals surface area contributed by atoms with Crippen LogP contribution in [-0.4, -0.2) is 47.6 Å². The molecule has 0 aliphatic carbocycles. The van der Waals surface area contributed by atoms with Crippen LogP contribution in [0.15, 0.2) is 47.4 Å².